The van der Waals surface area contributed by atoms with Gasteiger partial charge in [-0.25, -0.2) is 9.50 Å². The van der Waals surface area contributed by atoms with Crippen LogP contribution in [0.2, 0.25) is 0 Å². The van der Waals surface area contributed by atoms with E-state index in [2.05, 4.69) is 25.7 Å². The molecule has 0 fully saturated rings. The van der Waals surface area contributed by atoms with Crippen LogP contribution in [-0.4, -0.2) is 38.5 Å². The molecule has 0 bridgehead atoms. The first-order valence-electron chi connectivity index (χ1n) is 11.3. The summed E-state index contributed by atoms with van der Waals surface area (Å²) in [4.78, 5) is 22.2. The van der Waals surface area contributed by atoms with E-state index >= 15 is 0 Å². The summed E-state index contributed by atoms with van der Waals surface area (Å²) in [6.07, 6.45) is -1.10. The van der Waals surface area contributed by atoms with Crippen LogP contribution in [-0.2, 0) is 6.18 Å². The fourth-order valence-corrected chi connectivity index (χ4v) is 4.27. The molecule has 4 rings (SSSR count). The number of amides is 1. The van der Waals surface area contributed by atoms with Gasteiger partial charge in [-0.15, -0.1) is 5.10 Å². The largest absolute Gasteiger partial charge is 0.507 e. The Morgan fingerprint density at radius 2 is 1.82 bits per heavy atom. The SMILES string of the molecule is CN=C(C=C(C)C)Nc1nc(Sc2ccc(NC(=O)c3c(O)cccc3C(F)(F)F)cc2)nn2cccc12. The summed E-state index contributed by atoms with van der Waals surface area (Å²) >= 11 is 1.26. The molecule has 2 aromatic heterocycles. The van der Waals surface area contributed by atoms with Gasteiger partial charge in [0, 0.05) is 23.8 Å². The van der Waals surface area contributed by atoms with Crippen LogP contribution in [0.1, 0.15) is 29.8 Å². The summed E-state index contributed by atoms with van der Waals surface area (Å²) in [5.41, 5.74) is 0.0287. The van der Waals surface area contributed by atoms with Crippen molar-refractivity contribution < 1.29 is 23.1 Å². The van der Waals surface area contributed by atoms with Crippen molar-refractivity contribution in [3.8, 4) is 5.75 Å². The quantitative estimate of drug-likeness (QED) is 0.197. The van der Waals surface area contributed by atoms with Gasteiger partial charge in [-0.2, -0.15) is 13.2 Å². The molecule has 12 heteroatoms. The molecular weight excluding hydrogens is 517 g/mol. The third-order valence-corrected chi connectivity index (χ3v) is 6.04. The zero-order chi connectivity index (χ0) is 27.4. The van der Waals surface area contributed by atoms with Crippen LogP contribution in [0, 0.1) is 0 Å². The minimum atomic E-state index is -4.80. The van der Waals surface area contributed by atoms with Gasteiger partial charge in [0.1, 0.15) is 17.1 Å². The van der Waals surface area contributed by atoms with Crippen LogP contribution in [0.3, 0.4) is 0 Å². The Balaban J connectivity index is 1.54. The number of hydrogen-bond acceptors (Lipinski definition) is 6. The highest BCUT2D eigenvalue weighted by atomic mass is 32.2. The van der Waals surface area contributed by atoms with Crippen molar-refractivity contribution in [3.05, 3.63) is 83.6 Å². The van der Waals surface area contributed by atoms with Crippen LogP contribution >= 0.6 is 11.8 Å². The number of rotatable bonds is 6. The smallest absolute Gasteiger partial charge is 0.417 e. The third kappa shape index (κ3) is 6.14. The highest BCUT2D eigenvalue weighted by Gasteiger charge is 2.36. The lowest BCUT2D eigenvalue weighted by molar-refractivity contribution is -0.138. The molecule has 0 radical (unpaired) electrons. The summed E-state index contributed by atoms with van der Waals surface area (Å²) < 4.78 is 41.6. The average Bonchev–Trinajstić information content (AvgIpc) is 3.32. The fourth-order valence-electron chi connectivity index (χ4n) is 3.52. The average molecular weight is 541 g/mol. The molecule has 0 aliphatic rings. The topological polar surface area (TPSA) is 104 Å². The summed E-state index contributed by atoms with van der Waals surface area (Å²) in [5.74, 6) is -0.622. The number of amidine groups is 1. The second-order valence-electron chi connectivity index (χ2n) is 8.31. The van der Waals surface area contributed by atoms with E-state index in [1.165, 1.54) is 23.9 Å². The van der Waals surface area contributed by atoms with Crippen molar-refractivity contribution in [1.82, 2.24) is 14.6 Å². The van der Waals surface area contributed by atoms with Crippen LogP contribution in [0.15, 0.2) is 87.5 Å². The van der Waals surface area contributed by atoms with Crippen LogP contribution in [0.25, 0.3) is 5.52 Å². The number of fused-ring (bicyclic) bond motifs is 1. The normalized spacial score (nSPS) is 11.9. The van der Waals surface area contributed by atoms with Crippen molar-refractivity contribution in [1.29, 1.82) is 0 Å². The standard InChI is InChI=1S/C26H23F3N6O2S/c1-15(2)14-21(30-3)32-23-19-7-5-13-35(19)34-25(33-23)38-17-11-9-16(10-12-17)31-24(37)22-18(26(27,28)29)6-4-8-20(22)36/h4-14,36H,1-3H3,(H,31,37)(H,30,32,33,34). The molecule has 3 N–H and O–H groups in total. The minimum absolute atomic E-state index is 0.255. The minimum Gasteiger partial charge on any atom is -0.507 e. The van der Waals surface area contributed by atoms with E-state index < -0.39 is 29.0 Å². The molecule has 4 aromatic rings. The number of nitrogens with zero attached hydrogens (tertiary/aromatic N) is 4. The number of nitrogens with one attached hydrogen (secondary N) is 2. The maximum Gasteiger partial charge on any atom is 0.417 e. The highest BCUT2D eigenvalue weighted by molar-refractivity contribution is 7.99. The number of aromatic nitrogens is 3. The van der Waals surface area contributed by atoms with Gasteiger partial charge in [0.15, 0.2) is 5.82 Å². The van der Waals surface area contributed by atoms with Gasteiger partial charge in [0.05, 0.1) is 11.1 Å². The molecule has 1 amide bonds. The van der Waals surface area contributed by atoms with Crippen molar-refractivity contribution in [2.45, 2.75) is 30.1 Å². The first-order chi connectivity index (χ1) is 18.0. The number of anilines is 2. The Bertz CT molecular complexity index is 1540. The maximum atomic E-state index is 13.3. The van der Waals surface area contributed by atoms with E-state index in [1.54, 1.807) is 29.9 Å². The lowest BCUT2D eigenvalue weighted by Gasteiger charge is -2.14. The Morgan fingerprint density at radius 1 is 1.08 bits per heavy atom. The summed E-state index contributed by atoms with van der Waals surface area (Å²) in [6, 6.07) is 13.0. The van der Waals surface area contributed by atoms with Crippen molar-refractivity contribution in [2.75, 3.05) is 17.7 Å². The molecule has 0 aliphatic carbocycles. The monoisotopic (exact) mass is 540 g/mol. The van der Waals surface area contributed by atoms with Gasteiger partial charge in [-0.1, -0.05) is 11.6 Å². The Labute approximate surface area is 220 Å². The van der Waals surface area contributed by atoms with Crippen LogP contribution in [0.5, 0.6) is 5.75 Å². The first-order valence-corrected chi connectivity index (χ1v) is 12.1. The molecule has 196 valence electrons. The number of phenolic OH excluding ortho intramolecular Hbond substituents is 1. The number of benzene rings is 2. The molecule has 0 spiro atoms. The van der Waals surface area contributed by atoms with Gasteiger partial charge in [-0.3, -0.25) is 9.79 Å². The molecule has 2 heterocycles. The first kappa shape index (κ1) is 26.7. The predicted molar refractivity (Wildman–Crippen MR) is 141 cm³/mol. The van der Waals surface area contributed by atoms with Gasteiger partial charge < -0.3 is 15.7 Å². The molecule has 0 unspecified atom stereocenters. The van der Waals surface area contributed by atoms with Gasteiger partial charge >= 0.3 is 6.18 Å². The Hall–Kier alpha value is -4.32. The molecule has 2 aromatic carbocycles. The van der Waals surface area contributed by atoms with Gasteiger partial charge in [0.25, 0.3) is 5.91 Å². The maximum absolute atomic E-state index is 13.3. The highest BCUT2D eigenvalue weighted by Crippen LogP contribution is 2.36. The zero-order valence-electron chi connectivity index (χ0n) is 20.5. The lowest BCUT2D eigenvalue weighted by Crippen LogP contribution is -2.18. The Morgan fingerprint density at radius 3 is 2.47 bits per heavy atom. The lowest BCUT2D eigenvalue weighted by atomic mass is 10.0. The number of phenols is 1. The van der Waals surface area contributed by atoms with Crippen molar-refractivity contribution in [2.24, 2.45) is 4.99 Å². The fraction of sp³-hybridized carbons (Fsp3) is 0.154. The molecule has 8 nitrogen and oxygen atoms in total. The van der Waals surface area contributed by atoms with Crippen molar-refractivity contribution in [3.63, 3.8) is 0 Å². The number of allylic oxidation sites excluding steroid dienone is 1. The summed E-state index contributed by atoms with van der Waals surface area (Å²) in [5, 5.41) is 20.5. The second kappa shape index (κ2) is 11.0. The number of carbonyl (C=O) groups is 1. The van der Waals surface area contributed by atoms with E-state index in [0.717, 1.165) is 34.2 Å². The second-order valence-corrected chi connectivity index (χ2v) is 9.36. The number of aromatic hydroxyl groups is 1. The zero-order valence-corrected chi connectivity index (χ0v) is 21.4. The van der Waals surface area contributed by atoms with Gasteiger partial charge in [-0.05, 0) is 80.2 Å². The molecule has 0 atom stereocenters. The van der Waals surface area contributed by atoms with E-state index in [9.17, 15) is 23.1 Å². The molecule has 0 aliphatic heterocycles. The number of hydrogen-bond donors (Lipinski definition) is 3. The van der Waals surface area contributed by atoms with E-state index in [1.807, 2.05) is 32.1 Å². The predicted octanol–water partition coefficient (Wildman–Crippen LogP) is 6.26. The van der Waals surface area contributed by atoms with Crippen LogP contribution in [0.4, 0.5) is 24.7 Å². The van der Waals surface area contributed by atoms with E-state index in [4.69, 9.17) is 0 Å². The molecule has 0 saturated heterocycles. The number of alkyl halides is 3. The van der Waals surface area contributed by atoms with Gasteiger partial charge in [0.2, 0.25) is 5.16 Å². The summed E-state index contributed by atoms with van der Waals surface area (Å²) in [6.45, 7) is 3.93. The third-order valence-electron chi connectivity index (χ3n) is 5.18. The molecule has 38 heavy (non-hydrogen) atoms. The molecule has 0 saturated carbocycles. The number of aliphatic imine (C=N–C) groups is 1. The van der Waals surface area contributed by atoms with Crippen molar-refractivity contribution >= 4 is 40.5 Å². The van der Waals surface area contributed by atoms with E-state index in [-0.39, 0.29) is 5.69 Å². The molecular formula is C26H23F3N6O2S. The number of halogens is 3. The summed E-state index contributed by atoms with van der Waals surface area (Å²) in [7, 11) is 1.68. The Kier molecular flexibility index (Phi) is 7.72. The number of carbonyl (C=O) groups excluding carboxylic acids is 1. The van der Waals surface area contributed by atoms with E-state index in [0.29, 0.717) is 16.8 Å². The van der Waals surface area contributed by atoms with Crippen LogP contribution < -0.4 is 10.6 Å².